The van der Waals surface area contributed by atoms with E-state index in [9.17, 15) is 4.79 Å². The van der Waals surface area contributed by atoms with Gasteiger partial charge in [-0.3, -0.25) is 4.79 Å². The zero-order valence-electron chi connectivity index (χ0n) is 15.6. The minimum absolute atomic E-state index is 0.0273. The first-order valence-corrected chi connectivity index (χ1v) is 9.37. The van der Waals surface area contributed by atoms with Crippen molar-refractivity contribution in [2.75, 3.05) is 13.7 Å². The van der Waals surface area contributed by atoms with Crippen LogP contribution in [0.1, 0.15) is 48.9 Å². The molecule has 4 heteroatoms. The van der Waals surface area contributed by atoms with Crippen molar-refractivity contribution < 1.29 is 14.3 Å². The lowest BCUT2D eigenvalue weighted by Crippen LogP contribution is -2.32. The van der Waals surface area contributed by atoms with Gasteiger partial charge in [0.15, 0.2) is 6.61 Å². The predicted octanol–water partition coefficient (Wildman–Crippen LogP) is 4.22. The van der Waals surface area contributed by atoms with E-state index in [1.165, 1.54) is 24.0 Å². The summed E-state index contributed by atoms with van der Waals surface area (Å²) in [4.78, 5) is 12.3. The number of amides is 1. The van der Waals surface area contributed by atoms with Gasteiger partial charge in [0.25, 0.3) is 5.91 Å². The zero-order valence-corrected chi connectivity index (χ0v) is 15.6. The molecule has 26 heavy (non-hydrogen) atoms. The Hall–Kier alpha value is -2.49. The Labute approximate surface area is 155 Å². The van der Waals surface area contributed by atoms with Crippen molar-refractivity contribution in [2.24, 2.45) is 0 Å². The SMILES string of the molecule is CC[C@@H](NC(=O)COc1ccc2c(c1)CCCC2)c1ccc(OC)cc1. The molecule has 1 aliphatic carbocycles. The summed E-state index contributed by atoms with van der Waals surface area (Å²) in [7, 11) is 1.64. The van der Waals surface area contributed by atoms with Crippen LogP contribution in [0.25, 0.3) is 0 Å². The first-order valence-electron chi connectivity index (χ1n) is 9.37. The molecule has 0 radical (unpaired) electrons. The predicted molar refractivity (Wildman–Crippen MR) is 103 cm³/mol. The molecular weight excluding hydrogens is 326 g/mol. The lowest BCUT2D eigenvalue weighted by molar-refractivity contribution is -0.123. The van der Waals surface area contributed by atoms with Gasteiger partial charge in [-0.25, -0.2) is 0 Å². The van der Waals surface area contributed by atoms with Gasteiger partial charge in [0.2, 0.25) is 0 Å². The molecule has 2 aromatic carbocycles. The molecule has 1 atom stereocenters. The van der Waals surface area contributed by atoms with Gasteiger partial charge < -0.3 is 14.8 Å². The minimum atomic E-state index is -0.106. The Bertz CT molecular complexity index is 740. The van der Waals surface area contributed by atoms with Crippen molar-refractivity contribution in [3.8, 4) is 11.5 Å². The Morgan fingerprint density at radius 2 is 1.73 bits per heavy atom. The molecule has 0 heterocycles. The summed E-state index contributed by atoms with van der Waals surface area (Å²) >= 11 is 0. The third-order valence-electron chi connectivity index (χ3n) is 4.95. The molecule has 1 amide bonds. The van der Waals surface area contributed by atoms with E-state index in [0.717, 1.165) is 36.3 Å². The topological polar surface area (TPSA) is 47.6 Å². The van der Waals surface area contributed by atoms with E-state index in [1.807, 2.05) is 30.3 Å². The summed E-state index contributed by atoms with van der Waals surface area (Å²) in [6.45, 7) is 2.09. The number of benzene rings is 2. The molecule has 3 rings (SSSR count). The number of carbonyl (C=O) groups is 1. The quantitative estimate of drug-likeness (QED) is 0.811. The number of nitrogens with one attached hydrogen (secondary N) is 1. The Balaban J connectivity index is 1.55. The number of aryl methyl sites for hydroxylation is 2. The van der Waals surface area contributed by atoms with Crippen LogP contribution in [0.15, 0.2) is 42.5 Å². The van der Waals surface area contributed by atoms with Gasteiger partial charge in [0.1, 0.15) is 11.5 Å². The smallest absolute Gasteiger partial charge is 0.258 e. The molecule has 4 nitrogen and oxygen atoms in total. The number of fused-ring (bicyclic) bond motifs is 1. The fourth-order valence-electron chi connectivity index (χ4n) is 3.44. The molecule has 0 bridgehead atoms. The molecular formula is C22H27NO3. The molecule has 1 aliphatic rings. The van der Waals surface area contributed by atoms with Gasteiger partial charge in [-0.05, 0) is 73.1 Å². The van der Waals surface area contributed by atoms with Crippen molar-refractivity contribution in [3.05, 3.63) is 59.2 Å². The second kappa shape index (κ2) is 8.75. The van der Waals surface area contributed by atoms with E-state index >= 15 is 0 Å². The number of methoxy groups -OCH3 is 1. The lowest BCUT2D eigenvalue weighted by Gasteiger charge is -2.19. The minimum Gasteiger partial charge on any atom is -0.497 e. The van der Waals surface area contributed by atoms with E-state index < -0.39 is 0 Å². The molecule has 138 valence electrons. The van der Waals surface area contributed by atoms with E-state index in [-0.39, 0.29) is 18.6 Å². The highest BCUT2D eigenvalue weighted by atomic mass is 16.5. The van der Waals surface area contributed by atoms with Gasteiger partial charge in [0.05, 0.1) is 13.2 Å². The third-order valence-corrected chi connectivity index (χ3v) is 4.95. The average Bonchev–Trinajstić information content (AvgIpc) is 2.70. The summed E-state index contributed by atoms with van der Waals surface area (Å²) in [5.41, 5.74) is 3.84. The maximum absolute atomic E-state index is 12.3. The summed E-state index contributed by atoms with van der Waals surface area (Å²) in [5, 5.41) is 3.05. The van der Waals surface area contributed by atoms with Gasteiger partial charge in [-0.15, -0.1) is 0 Å². The highest BCUT2D eigenvalue weighted by Crippen LogP contribution is 2.25. The van der Waals surface area contributed by atoms with Crippen LogP contribution in [0.5, 0.6) is 11.5 Å². The largest absolute Gasteiger partial charge is 0.497 e. The molecule has 2 aromatic rings. The molecule has 1 N–H and O–H groups in total. The van der Waals surface area contributed by atoms with Crippen molar-refractivity contribution in [1.29, 1.82) is 0 Å². The summed E-state index contributed by atoms with van der Waals surface area (Å²) in [5.74, 6) is 1.48. The molecule has 0 aliphatic heterocycles. The standard InChI is InChI=1S/C22H27NO3/c1-3-21(17-9-11-19(25-2)12-10-17)23-22(24)15-26-20-13-8-16-6-4-5-7-18(16)14-20/h8-14,21H,3-7,15H2,1-2H3,(H,23,24)/t21-/m1/s1. The van der Waals surface area contributed by atoms with Crippen LogP contribution in [0.4, 0.5) is 0 Å². The lowest BCUT2D eigenvalue weighted by atomic mass is 9.92. The van der Waals surface area contributed by atoms with Gasteiger partial charge >= 0.3 is 0 Å². The van der Waals surface area contributed by atoms with Crippen LogP contribution in [-0.2, 0) is 17.6 Å². The maximum atomic E-state index is 12.3. The molecule has 0 spiro atoms. The Kier molecular flexibility index (Phi) is 6.16. The van der Waals surface area contributed by atoms with E-state index in [4.69, 9.17) is 9.47 Å². The number of hydrogen-bond donors (Lipinski definition) is 1. The van der Waals surface area contributed by atoms with E-state index in [1.54, 1.807) is 7.11 Å². The maximum Gasteiger partial charge on any atom is 0.258 e. The fourth-order valence-corrected chi connectivity index (χ4v) is 3.44. The molecule has 0 aromatic heterocycles. The van der Waals surface area contributed by atoms with E-state index in [2.05, 4.69) is 24.4 Å². The Morgan fingerprint density at radius 1 is 1.04 bits per heavy atom. The van der Waals surface area contributed by atoms with Gasteiger partial charge in [-0.1, -0.05) is 25.1 Å². The monoisotopic (exact) mass is 353 g/mol. The van der Waals surface area contributed by atoms with Crippen LogP contribution in [0.3, 0.4) is 0 Å². The van der Waals surface area contributed by atoms with Crippen molar-refractivity contribution in [3.63, 3.8) is 0 Å². The fraction of sp³-hybridized carbons (Fsp3) is 0.409. The number of rotatable bonds is 7. The summed E-state index contributed by atoms with van der Waals surface area (Å²) in [6.07, 6.45) is 5.57. The Morgan fingerprint density at radius 3 is 2.42 bits per heavy atom. The second-order valence-electron chi connectivity index (χ2n) is 6.73. The van der Waals surface area contributed by atoms with Crippen molar-refractivity contribution in [1.82, 2.24) is 5.32 Å². The highest BCUT2D eigenvalue weighted by Gasteiger charge is 2.14. The molecule has 0 saturated carbocycles. The molecule has 0 unspecified atom stereocenters. The summed E-state index contributed by atoms with van der Waals surface area (Å²) < 4.78 is 10.9. The van der Waals surface area contributed by atoms with Crippen molar-refractivity contribution in [2.45, 2.75) is 45.1 Å². The second-order valence-corrected chi connectivity index (χ2v) is 6.73. The first kappa shape index (κ1) is 18.3. The number of hydrogen-bond acceptors (Lipinski definition) is 3. The summed E-state index contributed by atoms with van der Waals surface area (Å²) in [6, 6.07) is 14.0. The van der Waals surface area contributed by atoms with Gasteiger partial charge in [0, 0.05) is 0 Å². The van der Waals surface area contributed by atoms with Crippen LogP contribution >= 0.6 is 0 Å². The van der Waals surface area contributed by atoms with Crippen LogP contribution < -0.4 is 14.8 Å². The van der Waals surface area contributed by atoms with Crippen molar-refractivity contribution >= 4 is 5.91 Å². The normalized spacial score (nSPS) is 14.2. The van der Waals surface area contributed by atoms with Gasteiger partial charge in [-0.2, -0.15) is 0 Å². The molecule has 0 saturated heterocycles. The molecule has 0 fully saturated rings. The van der Waals surface area contributed by atoms with Crippen LogP contribution in [0, 0.1) is 0 Å². The number of ether oxygens (including phenoxy) is 2. The zero-order chi connectivity index (χ0) is 18.4. The highest BCUT2D eigenvalue weighted by molar-refractivity contribution is 5.78. The first-order chi connectivity index (χ1) is 12.7. The average molecular weight is 353 g/mol. The van der Waals surface area contributed by atoms with E-state index in [0.29, 0.717) is 0 Å². The third kappa shape index (κ3) is 4.57. The van der Waals surface area contributed by atoms with Crippen LogP contribution in [-0.4, -0.2) is 19.6 Å². The van der Waals surface area contributed by atoms with Crippen LogP contribution in [0.2, 0.25) is 0 Å². The number of carbonyl (C=O) groups excluding carboxylic acids is 1.